The molecule has 4 heteroatoms. The van der Waals surface area contributed by atoms with Gasteiger partial charge in [0.2, 0.25) is 0 Å². The lowest BCUT2D eigenvalue weighted by Gasteiger charge is -2.33. The SMILES string of the molecule is CC(C)N1CCNC(=S)C1=S. The highest BCUT2D eigenvalue weighted by Gasteiger charge is 2.20. The molecule has 1 aliphatic heterocycles. The average Bonchev–Trinajstić information content (AvgIpc) is 1.94. The third-order valence-corrected chi connectivity index (χ3v) is 2.62. The second-order valence-corrected chi connectivity index (χ2v) is 3.64. The summed E-state index contributed by atoms with van der Waals surface area (Å²) in [6, 6.07) is 0.461. The molecule has 1 rings (SSSR count). The summed E-state index contributed by atoms with van der Waals surface area (Å²) < 4.78 is 0. The Balaban J connectivity index is 2.66. The molecule has 0 aromatic rings. The minimum Gasteiger partial charge on any atom is -0.372 e. The van der Waals surface area contributed by atoms with Crippen molar-refractivity contribution in [2.45, 2.75) is 19.9 Å². The molecule has 1 heterocycles. The molecule has 0 aromatic heterocycles. The Labute approximate surface area is 78.0 Å². The lowest BCUT2D eigenvalue weighted by atomic mass is 10.3. The molecule has 0 saturated carbocycles. The zero-order chi connectivity index (χ0) is 8.43. The van der Waals surface area contributed by atoms with Crippen LogP contribution in [0, 0.1) is 0 Å². The van der Waals surface area contributed by atoms with Crippen molar-refractivity contribution >= 4 is 34.4 Å². The Hall–Kier alpha value is -0.220. The van der Waals surface area contributed by atoms with Gasteiger partial charge in [0.25, 0.3) is 0 Å². The highest BCUT2D eigenvalue weighted by atomic mass is 32.1. The van der Waals surface area contributed by atoms with E-state index in [9.17, 15) is 0 Å². The normalized spacial score (nSPS) is 19.0. The van der Waals surface area contributed by atoms with Gasteiger partial charge in [0.05, 0.1) is 0 Å². The van der Waals surface area contributed by atoms with Crippen LogP contribution in [0.1, 0.15) is 13.8 Å². The predicted octanol–water partition coefficient (Wildman–Crippen LogP) is 0.955. The second kappa shape index (κ2) is 3.45. The van der Waals surface area contributed by atoms with E-state index in [1.54, 1.807) is 0 Å². The summed E-state index contributed by atoms with van der Waals surface area (Å²) >= 11 is 10.2. The van der Waals surface area contributed by atoms with Crippen molar-refractivity contribution in [3.05, 3.63) is 0 Å². The fourth-order valence-electron chi connectivity index (χ4n) is 1.09. The topological polar surface area (TPSA) is 15.3 Å². The van der Waals surface area contributed by atoms with E-state index in [1.807, 2.05) is 0 Å². The number of hydrogen-bond donors (Lipinski definition) is 1. The maximum Gasteiger partial charge on any atom is 0.137 e. The molecular formula is C7H12N2S2. The first-order valence-corrected chi connectivity index (χ1v) is 4.53. The molecule has 1 aliphatic rings. The minimum absolute atomic E-state index is 0.461. The number of piperazine rings is 1. The van der Waals surface area contributed by atoms with Crippen LogP contribution in [0.2, 0.25) is 0 Å². The standard InChI is InChI=1S/C7H12N2S2/c1-5(2)9-4-3-8-6(10)7(9)11/h5H,3-4H2,1-2H3,(H,8,10). The third-order valence-electron chi connectivity index (χ3n) is 1.72. The van der Waals surface area contributed by atoms with Crippen LogP contribution in [0.25, 0.3) is 0 Å². The van der Waals surface area contributed by atoms with Gasteiger partial charge in [0.1, 0.15) is 9.98 Å². The first kappa shape index (κ1) is 8.87. The lowest BCUT2D eigenvalue weighted by Crippen LogP contribution is -2.52. The Morgan fingerprint density at radius 1 is 1.45 bits per heavy atom. The Bertz CT molecular complexity index is 189. The van der Waals surface area contributed by atoms with Gasteiger partial charge in [-0.1, -0.05) is 24.4 Å². The van der Waals surface area contributed by atoms with Gasteiger partial charge in [-0.2, -0.15) is 0 Å². The summed E-state index contributed by atoms with van der Waals surface area (Å²) in [7, 11) is 0. The monoisotopic (exact) mass is 188 g/mol. The highest BCUT2D eigenvalue weighted by molar-refractivity contribution is 7.89. The zero-order valence-electron chi connectivity index (χ0n) is 6.76. The van der Waals surface area contributed by atoms with E-state index < -0.39 is 0 Å². The fourth-order valence-corrected chi connectivity index (χ4v) is 1.68. The van der Waals surface area contributed by atoms with E-state index in [0.29, 0.717) is 6.04 Å². The molecule has 0 unspecified atom stereocenters. The van der Waals surface area contributed by atoms with Crippen molar-refractivity contribution in [3.63, 3.8) is 0 Å². The summed E-state index contributed by atoms with van der Waals surface area (Å²) in [6.07, 6.45) is 0. The van der Waals surface area contributed by atoms with Crippen molar-refractivity contribution in [3.8, 4) is 0 Å². The number of nitrogens with one attached hydrogen (secondary N) is 1. The summed E-state index contributed by atoms with van der Waals surface area (Å²) in [6.45, 7) is 6.13. The van der Waals surface area contributed by atoms with Gasteiger partial charge in [-0.3, -0.25) is 0 Å². The molecule has 0 atom stereocenters. The van der Waals surface area contributed by atoms with Crippen LogP contribution in [0.3, 0.4) is 0 Å². The average molecular weight is 188 g/mol. The van der Waals surface area contributed by atoms with E-state index in [4.69, 9.17) is 24.4 Å². The van der Waals surface area contributed by atoms with Gasteiger partial charge in [-0.05, 0) is 13.8 Å². The Morgan fingerprint density at radius 2 is 2.09 bits per heavy atom. The molecule has 1 fully saturated rings. The number of rotatable bonds is 1. The molecule has 0 radical (unpaired) electrons. The Morgan fingerprint density at radius 3 is 2.55 bits per heavy atom. The van der Waals surface area contributed by atoms with Gasteiger partial charge in [0.15, 0.2) is 0 Å². The van der Waals surface area contributed by atoms with Gasteiger partial charge in [0, 0.05) is 19.1 Å². The van der Waals surface area contributed by atoms with Crippen LogP contribution < -0.4 is 5.32 Å². The van der Waals surface area contributed by atoms with Gasteiger partial charge >= 0.3 is 0 Å². The third kappa shape index (κ3) is 1.87. The predicted molar refractivity (Wildman–Crippen MR) is 55.0 cm³/mol. The maximum atomic E-state index is 5.15. The van der Waals surface area contributed by atoms with E-state index in [0.717, 1.165) is 23.1 Å². The molecule has 62 valence electrons. The number of thiocarbonyl (C=S) groups is 2. The molecule has 11 heavy (non-hydrogen) atoms. The smallest absolute Gasteiger partial charge is 0.137 e. The van der Waals surface area contributed by atoms with Gasteiger partial charge in [-0.15, -0.1) is 0 Å². The van der Waals surface area contributed by atoms with Crippen molar-refractivity contribution in [2.24, 2.45) is 0 Å². The molecule has 1 N–H and O–H groups in total. The van der Waals surface area contributed by atoms with E-state index in [-0.39, 0.29) is 0 Å². The summed E-state index contributed by atoms with van der Waals surface area (Å²) in [5.74, 6) is 0. The Kier molecular flexibility index (Phi) is 2.78. The van der Waals surface area contributed by atoms with Crippen molar-refractivity contribution in [2.75, 3.05) is 13.1 Å². The van der Waals surface area contributed by atoms with Crippen LogP contribution in [0.15, 0.2) is 0 Å². The summed E-state index contributed by atoms with van der Waals surface area (Å²) in [5, 5.41) is 3.07. The van der Waals surface area contributed by atoms with E-state index >= 15 is 0 Å². The van der Waals surface area contributed by atoms with Crippen LogP contribution in [0.5, 0.6) is 0 Å². The van der Waals surface area contributed by atoms with E-state index in [2.05, 4.69) is 24.1 Å². The van der Waals surface area contributed by atoms with E-state index in [1.165, 1.54) is 0 Å². The zero-order valence-corrected chi connectivity index (χ0v) is 8.39. The largest absolute Gasteiger partial charge is 0.372 e. The van der Waals surface area contributed by atoms with Crippen molar-refractivity contribution in [1.29, 1.82) is 0 Å². The van der Waals surface area contributed by atoms with Gasteiger partial charge < -0.3 is 10.2 Å². The highest BCUT2D eigenvalue weighted by Crippen LogP contribution is 2.04. The second-order valence-electron chi connectivity index (χ2n) is 2.85. The maximum absolute atomic E-state index is 5.15. The molecular weight excluding hydrogens is 176 g/mol. The van der Waals surface area contributed by atoms with Crippen molar-refractivity contribution < 1.29 is 0 Å². The summed E-state index contributed by atoms with van der Waals surface area (Å²) in [4.78, 5) is 3.66. The molecule has 0 bridgehead atoms. The molecule has 0 aromatic carbocycles. The number of hydrogen-bond acceptors (Lipinski definition) is 2. The first-order valence-electron chi connectivity index (χ1n) is 3.71. The van der Waals surface area contributed by atoms with Crippen LogP contribution >= 0.6 is 24.4 Å². The molecule has 0 spiro atoms. The van der Waals surface area contributed by atoms with Crippen LogP contribution in [0.4, 0.5) is 0 Å². The molecule has 2 nitrogen and oxygen atoms in total. The van der Waals surface area contributed by atoms with Crippen LogP contribution in [-0.2, 0) is 0 Å². The molecule has 0 aliphatic carbocycles. The minimum atomic E-state index is 0.461. The number of nitrogens with zero attached hydrogens (tertiary/aromatic N) is 1. The van der Waals surface area contributed by atoms with Crippen molar-refractivity contribution in [1.82, 2.24) is 10.2 Å². The summed E-state index contributed by atoms with van der Waals surface area (Å²) in [5.41, 5.74) is 0. The molecule has 0 amide bonds. The van der Waals surface area contributed by atoms with Crippen LogP contribution in [-0.4, -0.2) is 34.0 Å². The first-order chi connectivity index (χ1) is 5.13. The van der Waals surface area contributed by atoms with Gasteiger partial charge in [-0.25, -0.2) is 0 Å². The fraction of sp³-hybridized carbons (Fsp3) is 0.714. The lowest BCUT2D eigenvalue weighted by molar-refractivity contribution is 0.354. The quantitative estimate of drug-likeness (QED) is 0.616. The molecule has 1 saturated heterocycles.